The fourth-order valence-corrected chi connectivity index (χ4v) is 6.39. The predicted molar refractivity (Wildman–Crippen MR) is 157 cm³/mol. The number of fused-ring (bicyclic) bond motifs is 5. The maximum atomic E-state index is 13.7. The molecule has 0 radical (unpaired) electrons. The predicted octanol–water partition coefficient (Wildman–Crippen LogP) is 6.02. The first kappa shape index (κ1) is 28.3. The first-order valence-corrected chi connectivity index (χ1v) is 14.6. The van der Waals surface area contributed by atoms with Crippen LogP contribution in [0.2, 0.25) is 10.0 Å². The number of allylic oxidation sites excluding steroid dienone is 2. The maximum Gasteiger partial charge on any atom is 0.343 e. The van der Waals surface area contributed by atoms with Crippen LogP contribution in [0, 0.1) is 23.7 Å². The third-order valence-electron chi connectivity index (χ3n) is 7.85. The van der Waals surface area contributed by atoms with Gasteiger partial charge in [0.1, 0.15) is 12.3 Å². The number of imide groups is 1. The zero-order valence-electron chi connectivity index (χ0n) is 21.7. The lowest BCUT2D eigenvalue weighted by Gasteiger charge is -2.31. The molecule has 42 heavy (non-hydrogen) atoms. The SMILES string of the molecule is O=C(CN(C(=O)c1ccc(Cl)c(Cl)c1)N1C(=O)[C@@H]2[C@@H](C1=O)[C@H]1C=C[C@H]2C1)c1ccc(OC(=O)c2ccc(Br)cc2)cc1. The summed E-state index contributed by atoms with van der Waals surface area (Å²) in [5.74, 6) is -3.92. The van der Waals surface area contributed by atoms with Crippen molar-refractivity contribution >= 4 is 68.6 Å². The highest BCUT2D eigenvalue weighted by molar-refractivity contribution is 9.10. The molecule has 4 atom stereocenters. The number of ketones is 1. The van der Waals surface area contributed by atoms with E-state index in [9.17, 15) is 24.0 Å². The molecule has 0 N–H and O–H groups in total. The Morgan fingerprint density at radius 1 is 0.810 bits per heavy atom. The number of rotatable bonds is 7. The minimum Gasteiger partial charge on any atom is -0.423 e. The Hall–Kier alpha value is -3.79. The van der Waals surface area contributed by atoms with Gasteiger partial charge >= 0.3 is 5.97 Å². The lowest BCUT2D eigenvalue weighted by Crippen LogP contribution is -2.52. The summed E-state index contributed by atoms with van der Waals surface area (Å²) < 4.78 is 6.21. The van der Waals surface area contributed by atoms with Crippen molar-refractivity contribution in [2.75, 3.05) is 6.54 Å². The van der Waals surface area contributed by atoms with E-state index >= 15 is 0 Å². The summed E-state index contributed by atoms with van der Waals surface area (Å²) in [7, 11) is 0. The summed E-state index contributed by atoms with van der Waals surface area (Å²) in [6.07, 6.45) is 4.61. The van der Waals surface area contributed by atoms with Crippen LogP contribution in [-0.4, -0.2) is 46.0 Å². The molecule has 1 heterocycles. The molecule has 0 spiro atoms. The third-order valence-corrected chi connectivity index (χ3v) is 9.12. The second-order valence-corrected chi connectivity index (χ2v) is 12.1. The molecule has 1 saturated heterocycles. The highest BCUT2D eigenvalue weighted by Crippen LogP contribution is 2.52. The minimum absolute atomic E-state index is 0.0613. The Labute approximate surface area is 258 Å². The van der Waals surface area contributed by atoms with Crippen LogP contribution >= 0.6 is 39.1 Å². The molecule has 3 amide bonds. The number of nitrogens with zero attached hydrogens (tertiary/aromatic N) is 2. The molecule has 3 aromatic rings. The van der Waals surface area contributed by atoms with Crippen LogP contribution in [0.15, 0.2) is 83.4 Å². The molecule has 2 fully saturated rings. The van der Waals surface area contributed by atoms with Crippen molar-refractivity contribution in [3.63, 3.8) is 0 Å². The Morgan fingerprint density at radius 2 is 1.38 bits per heavy atom. The second kappa shape index (κ2) is 11.1. The van der Waals surface area contributed by atoms with Crippen LogP contribution in [0.3, 0.4) is 0 Å². The molecule has 8 nitrogen and oxygen atoms in total. The molecule has 1 saturated carbocycles. The molecule has 6 rings (SSSR count). The zero-order chi connectivity index (χ0) is 29.7. The van der Waals surface area contributed by atoms with Gasteiger partial charge in [-0.1, -0.05) is 51.3 Å². The van der Waals surface area contributed by atoms with Crippen molar-refractivity contribution in [3.8, 4) is 5.75 Å². The van der Waals surface area contributed by atoms with Crippen LogP contribution in [0.4, 0.5) is 0 Å². The Bertz CT molecular complexity index is 1640. The van der Waals surface area contributed by atoms with E-state index in [0.717, 1.165) is 20.9 Å². The average Bonchev–Trinajstić information content (AvgIpc) is 3.67. The number of Topliss-reactive ketones (excluding diaryl/α,β-unsaturated/α-hetero) is 1. The number of hydrogen-bond acceptors (Lipinski definition) is 6. The summed E-state index contributed by atoms with van der Waals surface area (Å²) in [4.78, 5) is 66.7. The first-order valence-electron chi connectivity index (χ1n) is 13.1. The summed E-state index contributed by atoms with van der Waals surface area (Å²) in [6.45, 7) is -0.587. The molecule has 11 heteroatoms. The highest BCUT2D eigenvalue weighted by atomic mass is 79.9. The van der Waals surface area contributed by atoms with Crippen molar-refractivity contribution in [1.82, 2.24) is 10.0 Å². The molecule has 0 aromatic heterocycles. The Balaban J connectivity index is 1.24. The van der Waals surface area contributed by atoms with Crippen molar-refractivity contribution in [3.05, 3.63) is 110 Å². The van der Waals surface area contributed by atoms with Crippen molar-refractivity contribution in [2.45, 2.75) is 6.42 Å². The van der Waals surface area contributed by atoms with Gasteiger partial charge in [0.05, 0.1) is 27.4 Å². The number of hydrogen-bond donors (Lipinski definition) is 0. The van der Waals surface area contributed by atoms with Gasteiger partial charge in [-0.05, 0) is 85.0 Å². The normalized spacial score (nSPS) is 21.9. The fourth-order valence-electron chi connectivity index (χ4n) is 5.82. The second-order valence-electron chi connectivity index (χ2n) is 10.3. The lowest BCUT2D eigenvalue weighted by atomic mass is 9.85. The summed E-state index contributed by atoms with van der Waals surface area (Å²) in [6, 6.07) is 16.6. The number of esters is 1. The van der Waals surface area contributed by atoms with Crippen LogP contribution in [0.25, 0.3) is 0 Å². The average molecular weight is 668 g/mol. The Kier molecular flexibility index (Phi) is 7.51. The van der Waals surface area contributed by atoms with Crippen molar-refractivity contribution in [2.24, 2.45) is 23.7 Å². The Morgan fingerprint density at radius 3 is 1.98 bits per heavy atom. The molecule has 212 valence electrons. The van der Waals surface area contributed by atoms with E-state index in [1.165, 1.54) is 42.5 Å². The largest absolute Gasteiger partial charge is 0.423 e. The van der Waals surface area contributed by atoms with E-state index in [1.807, 2.05) is 12.2 Å². The van der Waals surface area contributed by atoms with Gasteiger partial charge in [-0.25, -0.2) is 9.80 Å². The van der Waals surface area contributed by atoms with Crippen LogP contribution in [0.1, 0.15) is 37.5 Å². The van der Waals surface area contributed by atoms with Crippen LogP contribution < -0.4 is 4.74 Å². The number of amides is 3. The van der Waals surface area contributed by atoms with Crippen molar-refractivity contribution in [1.29, 1.82) is 0 Å². The smallest absolute Gasteiger partial charge is 0.343 e. The standard InChI is InChI=1S/C31H21BrCl2N2O6/c32-21-8-3-17(4-9-21)31(41)42-22-10-5-16(6-11-22)25(37)15-35(28(38)20-7-12-23(33)24(34)14-20)36-29(39)26-18-1-2-19(13-18)27(26)30(36)40/h1-12,14,18-19,26-27H,13,15H2/t18-,19-,26-,27-/m0/s1. The zero-order valence-corrected chi connectivity index (χ0v) is 24.8. The number of ether oxygens (including phenoxy) is 1. The van der Waals surface area contributed by atoms with E-state index in [1.54, 1.807) is 24.3 Å². The molecule has 1 aliphatic heterocycles. The molecule has 3 aliphatic rings. The fraction of sp³-hybridized carbons (Fsp3) is 0.194. The number of carbonyl (C=O) groups excluding carboxylic acids is 5. The van der Waals surface area contributed by atoms with Crippen LogP contribution in [0.5, 0.6) is 5.75 Å². The molecular weight excluding hydrogens is 647 g/mol. The van der Waals surface area contributed by atoms with Gasteiger partial charge in [0.2, 0.25) is 0 Å². The van der Waals surface area contributed by atoms with Gasteiger partial charge < -0.3 is 4.74 Å². The monoisotopic (exact) mass is 666 g/mol. The maximum absolute atomic E-state index is 13.7. The van der Waals surface area contributed by atoms with E-state index in [-0.39, 0.29) is 38.8 Å². The van der Waals surface area contributed by atoms with Gasteiger partial charge in [0.15, 0.2) is 5.78 Å². The highest BCUT2D eigenvalue weighted by Gasteiger charge is 2.61. The number of hydrazine groups is 1. The summed E-state index contributed by atoms with van der Waals surface area (Å²) >= 11 is 15.5. The molecule has 2 bridgehead atoms. The van der Waals surface area contributed by atoms with E-state index < -0.39 is 47.9 Å². The molecular formula is C31H21BrCl2N2O6. The van der Waals surface area contributed by atoms with Crippen LogP contribution in [-0.2, 0) is 9.59 Å². The summed E-state index contributed by atoms with van der Waals surface area (Å²) in [5, 5.41) is 2.06. The quantitative estimate of drug-likeness (QED) is 0.100. The van der Waals surface area contributed by atoms with Crippen molar-refractivity contribution < 1.29 is 28.7 Å². The van der Waals surface area contributed by atoms with E-state index in [4.69, 9.17) is 27.9 Å². The summed E-state index contributed by atoms with van der Waals surface area (Å²) in [5.41, 5.74) is 0.598. The van der Waals surface area contributed by atoms with E-state index in [0.29, 0.717) is 5.56 Å². The topological polar surface area (TPSA) is 101 Å². The first-order chi connectivity index (χ1) is 20.1. The van der Waals surface area contributed by atoms with Gasteiger partial charge in [-0.3, -0.25) is 19.2 Å². The number of halogens is 3. The van der Waals surface area contributed by atoms with Gasteiger partial charge in [0.25, 0.3) is 17.7 Å². The number of carbonyl (C=O) groups is 5. The van der Waals surface area contributed by atoms with E-state index in [2.05, 4.69) is 15.9 Å². The van der Waals surface area contributed by atoms with Gasteiger partial charge in [-0.15, -0.1) is 0 Å². The lowest BCUT2D eigenvalue weighted by molar-refractivity contribution is -0.154. The van der Waals surface area contributed by atoms with Gasteiger partial charge in [-0.2, -0.15) is 5.01 Å². The minimum atomic E-state index is -0.746. The molecule has 0 unspecified atom stereocenters. The van der Waals surface area contributed by atoms with Gasteiger partial charge in [0, 0.05) is 15.6 Å². The number of benzene rings is 3. The third kappa shape index (κ3) is 5.06. The molecule has 2 aliphatic carbocycles. The molecule has 3 aromatic carbocycles.